The van der Waals surface area contributed by atoms with E-state index in [9.17, 15) is 0 Å². The van der Waals surface area contributed by atoms with E-state index in [1.54, 1.807) is 0 Å². The van der Waals surface area contributed by atoms with Gasteiger partial charge in [-0.15, -0.1) is 37.2 Å². The van der Waals surface area contributed by atoms with E-state index in [1.807, 2.05) is 0 Å². The van der Waals surface area contributed by atoms with Gasteiger partial charge in [-0.3, -0.25) is 0 Å². The number of aromatic nitrogens is 1. The standard InChI is InChI=1S/C29H39N3O2.3ClH/c1-3-13-31(14-4-1)17-7-19-33-26-11-9-24-21-25-10-12-27(23-29(25)30-28(24)22-26)34-20-8-18-32-15-5-2-6-16-32;;;/h9-12,21-23H,1-8,13-20H2;3*1H. The summed E-state index contributed by atoms with van der Waals surface area (Å²) >= 11 is 0. The van der Waals surface area contributed by atoms with Gasteiger partial charge in [-0.2, -0.15) is 0 Å². The molecule has 8 heteroatoms. The fraction of sp³-hybridized carbons (Fsp3) is 0.552. The number of fused-ring (bicyclic) bond motifs is 2. The Morgan fingerprint density at radius 2 is 1.00 bits per heavy atom. The van der Waals surface area contributed by atoms with Gasteiger partial charge in [0, 0.05) is 36.0 Å². The summed E-state index contributed by atoms with van der Waals surface area (Å²) in [6.45, 7) is 8.77. The molecule has 3 aromatic rings. The highest BCUT2D eigenvalue weighted by molar-refractivity contribution is 5.93. The molecule has 0 radical (unpaired) electrons. The van der Waals surface area contributed by atoms with Crippen molar-refractivity contribution in [1.29, 1.82) is 0 Å². The van der Waals surface area contributed by atoms with E-state index >= 15 is 0 Å². The van der Waals surface area contributed by atoms with E-state index in [0.717, 1.165) is 72.4 Å². The lowest BCUT2D eigenvalue weighted by molar-refractivity contribution is 0.205. The summed E-state index contributed by atoms with van der Waals surface area (Å²) < 4.78 is 12.1. The van der Waals surface area contributed by atoms with Crippen LogP contribution in [0.4, 0.5) is 0 Å². The largest absolute Gasteiger partial charge is 0.493 e. The van der Waals surface area contributed by atoms with Crippen molar-refractivity contribution in [2.45, 2.75) is 51.4 Å². The maximum atomic E-state index is 6.06. The molecule has 0 atom stereocenters. The number of hydrogen-bond donors (Lipinski definition) is 0. The zero-order valence-corrected chi connectivity index (χ0v) is 24.2. The van der Waals surface area contributed by atoms with Crippen LogP contribution in [-0.2, 0) is 0 Å². The highest BCUT2D eigenvalue weighted by Crippen LogP contribution is 2.26. The number of hydrogen-bond acceptors (Lipinski definition) is 5. The molecule has 2 saturated heterocycles. The fourth-order valence-corrected chi connectivity index (χ4v) is 5.28. The number of benzene rings is 2. The summed E-state index contributed by atoms with van der Waals surface area (Å²) in [7, 11) is 0. The molecule has 0 spiro atoms. The molecule has 2 aliphatic heterocycles. The number of piperidine rings is 2. The van der Waals surface area contributed by atoms with Crippen LogP contribution in [0.3, 0.4) is 0 Å². The highest BCUT2D eigenvalue weighted by Gasteiger charge is 2.11. The number of likely N-dealkylation sites (tertiary alicyclic amines) is 2. The van der Waals surface area contributed by atoms with Crippen molar-refractivity contribution in [3.8, 4) is 11.5 Å². The number of rotatable bonds is 10. The third-order valence-corrected chi connectivity index (χ3v) is 7.23. The van der Waals surface area contributed by atoms with Gasteiger partial charge >= 0.3 is 0 Å². The van der Waals surface area contributed by atoms with Gasteiger partial charge in [-0.1, -0.05) is 12.8 Å². The maximum absolute atomic E-state index is 6.06. The Balaban J connectivity index is 0.00000160. The van der Waals surface area contributed by atoms with Gasteiger partial charge in [0.1, 0.15) is 11.5 Å². The van der Waals surface area contributed by atoms with Crippen molar-refractivity contribution >= 4 is 59.0 Å². The molecule has 0 bridgehead atoms. The number of pyridine rings is 1. The topological polar surface area (TPSA) is 37.8 Å². The van der Waals surface area contributed by atoms with Gasteiger partial charge in [-0.25, -0.2) is 4.98 Å². The van der Waals surface area contributed by atoms with Gasteiger partial charge < -0.3 is 19.3 Å². The predicted octanol–water partition coefficient (Wildman–Crippen LogP) is 7.16. The normalized spacial score (nSPS) is 16.4. The van der Waals surface area contributed by atoms with Crippen molar-refractivity contribution < 1.29 is 9.47 Å². The summed E-state index contributed by atoms with van der Waals surface area (Å²) in [6, 6.07) is 14.7. The molecule has 0 unspecified atom stereocenters. The predicted molar refractivity (Wildman–Crippen MR) is 162 cm³/mol. The van der Waals surface area contributed by atoms with Gasteiger partial charge in [0.15, 0.2) is 0 Å². The first kappa shape index (κ1) is 31.7. The molecular weight excluding hydrogens is 529 g/mol. The zero-order chi connectivity index (χ0) is 23.0. The van der Waals surface area contributed by atoms with E-state index in [4.69, 9.17) is 14.5 Å². The Labute approximate surface area is 240 Å². The minimum Gasteiger partial charge on any atom is -0.493 e. The van der Waals surface area contributed by atoms with Crippen LogP contribution in [0.15, 0.2) is 42.5 Å². The van der Waals surface area contributed by atoms with Crippen LogP contribution in [0, 0.1) is 0 Å². The first-order chi connectivity index (χ1) is 16.8. The lowest BCUT2D eigenvalue weighted by Crippen LogP contribution is -2.31. The van der Waals surface area contributed by atoms with Crippen molar-refractivity contribution in [3.63, 3.8) is 0 Å². The molecule has 5 rings (SSSR count). The second-order valence-electron chi connectivity index (χ2n) is 9.91. The second kappa shape index (κ2) is 16.5. The molecule has 1 aromatic heterocycles. The third kappa shape index (κ3) is 9.33. The van der Waals surface area contributed by atoms with Crippen LogP contribution in [-0.4, -0.2) is 67.3 Å². The number of ether oxygens (including phenoxy) is 2. The third-order valence-electron chi connectivity index (χ3n) is 7.23. The molecule has 0 aliphatic carbocycles. The first-order valence-corrected chi connectivity index (χ1v) is 13.4. The van der Waals surface area contributed by atoms with E-state index < -0.39 is 0 Å². The maximum Gasteiger partial charge on any atom is 0.121 e. The van der Waals surface area contributed by atoms with Gasteiger partial charge in [-0.05, 0) is 95.0 Å². The molecule has 3 heterocycles. The summed E-state index contributed by atoms with van der Waals surface area (Å²) in [4.78, 5) is 10.1. The van der Waals surface area contributed by atoms with Crippen LogP contribution < -0.4 is 9.47 Å². The Bertz CT molecular complexity index is 992. The van der Waals surface area contributed by atoms with E-state index in [1.165, 1.54) is 64.7 Å². The Hall–Kier alpha value is -1.50. The first-order valence-electron chi connectivity index (χ1n) is 13.4. The summed E-state index contributed by atoms with van der Waals surface area (Å²) in [5.74, 6) is 1.81. The molecule has 206 valence electrons. The van der Waals surface area contributed by atoms with Crippen LogP contribution >= 0.6 is 37.2 Å². The van der Waals surface area contributed by atoms with Crippen molar-refractivity contribution in [2.24, 2.45) is 0 Å². The fourth-order valence-electron chi connectivity index (χ4n) is 5.28. The number of halogens is 3. The van der Waals surface area contributed by atoms with Crippen LogP contribution in [0.5, 0.6) is 11.5 Å². The molecule has 2 aromatic carbocycles. The molecule has 0 amide bonds. The molecule has 2 aliphatic rings. The lowest BCUT2D eigenvalue weighted by atomic mass is 10.1. The van der Waals surface area contributed by atoms with Crippen molar-refractivity contribution in [1.82, 2.24) is 14.8 Å². The monoisotopic (exact) mass is 569 g/mol. The average Bonchev–Trinajstić information content (AvgIpc) is 2.89. The molecule has 5 nitrogen and oxygen atoms in total. The minimum atomic E-state index is 0. The molecule has 0 N–H and O–H groups in total. The van der Waals surface area contributed by atoms with Gasteiger partial charge in [0.05, 0.1) is 24.2 Å². The lowest BCUT2D eigenvalue weighted by Gasteiger charge is -2.26. The Morgan fingerprint density at radius 3 is 1.43 bits per heavy atom. The minimum absolute atomic E-state index is 0. The van der Waals surface area contributed by atoms with Crippen LogP contribution in [0.2, 0.25) is 0 Å². The van der Waals surface area contributed by atoms with Crippen molar-refractivity contribution in [3.05, 3.63) is 42.5 Å². The van der Waals surface area contributed by atoms with Crippen LogP contribution in [0.1, 0.15) is 51.4 Å². The smallest absolute Gasteiger partial charge is 0.121 e. The van der Waals surface area contributed by atoms with E-state index in [0.29, 0.717) is 0 Å². The van der Waals surface area contributed by atoms with E-state index in [-0.39, 0.29) is 37.2 Å². The second-order valence-corrected chi connectivity index (χ2v) is 9.91. The summed E-state index contributed by atoms with van der Waals surface area (Å²) in [5, 5.41) is 2.28. The van der Waals surface area contributed by atoms with Gasteiger partial charge in [0.2, 0.25) is 0 Å². The number of nitrogens with zero attached hydrogens (tertiary/aromatic N) is 3. The molecule has 2 fully saturated rings. The van der Waals surface area contributed by atoms with Crippen molar-refractivity contribution in [2.75, 3.05) is 52.5 Å². The zero-order valence-electron chi connectivity index (χ0n) is 21.7. The quantitative estimate of drug-likeness (QED) is 0.191. The average molecular weight is 571 g/mol. The van der Waals surface area contributed by atoms with Crippen LogP contribution in [0.25, 0.3) is 21.8 Å². The summed E-state index contributed by atoms with van der Waals surface area (Å²) in [5.41, 5.74) is 1.95. The van der Waals surface area contributed by atoms with E-state index in [2.05, 4.69) is 52.3 Å². The van der Waals surface area contributed by atoms with Gasteiger partial charge in [0.25, 0.3) is 0 Å². The summed E-state index contributed by atoms with van der Waals surface area (Å²) in [6.07, 6.45) is 10.3. The Kier molecular flexibility index (Phi) is 14.1. The molecule has 0 saturated carbocycles. The SMILES string of the molecule is Cl.Cl.Cl.c1cc2cc3ccc(OCCCN4CCCCC4)cc3nc2cc1OCCCN1CCCCC1. The Morgan fingerprint density at radius 1 is 0.568 bits per heavy atom. The highest BCUT2D eigenvalue weighted by atomic mass is 35.5. The molecular formula is C29H42Cl3N3O2. The molecule has 37 heavy (non-hydrogen) atoms.